The summed E-state index contributed by atoms with van der Waals surface area (Å²) in [5.74, 6) is 0. The van der Waals surface area contributed by atoms with E-state index in [9.17, 15) is 0 Å². The quantitative estimate of drug-likeness (QED) is 0.411. The van der Waals surface area contributed by atoms with Crippen LogP contribution in [-0.2, 0) is 0 Å². The standard InChI is InChI=1S/C4H15ClN2Si2/c1-4-7(8-5)9-6(2)3/h4,8-9H2,1-3H3. The minimum absolute atomic E-state index is 0.144. The van der Waals surface area contributed by atoms with Crippen LogP contribution in [-0.4, -0.2) is 48.3 Å². The van der Waals surface area contributed by atoms with E-state index in [-0.39, 0.29) is 18.8 Å². The van der Waals surface area contributed by atoms with Crippen molar-refractivity contribution in [3.8, 4) is 0 Å². The highest BCUT2D eigenvalue weighted by Gasteiger charge is 2.00. The average Bonchev–Trinajstić information content (AvgIpc) is 1.82. The molecule has 0 N–H and O–H groups in total. The molecule has 2 nitrogen and oxygen atoms in total. The third-order valence-corrected chi connectivity index (χ3v) is 6.43. The molecule has 0 amide bonds. The van der Waals surface area contributed by atoms with E-state index in [2.05, 4.69) is 29.8 Å². The number of hydrogen-bond acceptors (Lipinski definition) is 2. The lowest BCUT2D eigenvalue weighted by Crippen LogP contribution is -2.38. The molecular weight excluding hydrogens is 168 g/mol. The lowest BCUT2D eigenvalue weighted by molar-refractivity contribution is 0.581. The van der Waals surface area contributed by atoms with Crippen LogP contribution in [0.3, 0.4) is 0 Å². The van der Waals surface area contributed by atoms with Gasteiger partial charge < -0.3 is 8.80 Å². The van der Waals surface area contributed by atoms with Gasteiger partial charge in [-0.15, -0.1) is 0 Å². The van der Waals surface area contributed by atoms with Crippen LogP contribution in [0.1, 0.15) is 6.92 Å². The molecule has 0 fully saturated rings. The third kappa shape index (κ3) is 5.11. The number of nitrogens with zero attached hydrogens (tertiary/aromatic N) is 2. The van der Waals surface area contributed by atoms with Crippen LogP contribution in [0.5, 0.6) is 0 Å². The molecule has 0 aliphatic rings. The van der Waals surface area contributed by atoms with Crippen LogP contribution in [0.15, 0.2) is 0 Å². The summed E-state index contributed by atoms with van der Waals surface area (Å²) in [6.07, 6.45) is 0. The van der Waals surface area contributed by atoms with Crippen molar-refractivity contribution in [1.29, 1.82) is 0 Å². The van der Waals surface area contributed by atoms with Gasteiger partial charge in [-0.2, -0.15) is 11.1 Å². The Hall–Kier alpha value is 0.644. The van der Waals surface area contributed by atoms with Gasteiger partial charge in [0, 0.05) is 0 Å². The minimum Gasteiger partial charge on any atom is -0.331 e. The lowest BCUT2D eigenvalue weighted by Gasteiger charge is -2.20. The Labute approximate surface area is 66.8 Å². The first-order valence-electron chi connectivity index (χ1n) is 3.13. The summed E-state index contributed by atoms with van der Waals surface area (Å²) in [5.41, 5.74) is 0. The molecule has 0 bridgehead atoms. The summed E-state index contributed by atoms with van der Waals surface area (Å²) in [6.45, 7) is 3.31. The second-order valence-corrected chi connectivity index (χ2v) is 7.51. The minimum atomic E-state index is -0.389. The Morgan fingerprint density at radius 3 is 2.11 bits per heavy atom. The van der Waals surface area contributed by atoms with Crippen LogP contribution >= 0.6 is 11.1 Å². The molecular formula is C4H15ClN2Si2. The zero-order valence-electron chi connectivity index (χ0n) is 6.39. The van der Waals surface area contributed by atoms with E-state index in [1.165, 1.54) is 0 Å². The zero-order valence-corrected chi connectivity index (χ0v) is 9.98. The zero-order chi connectivity index (χ0) is 7.28. The number of hydrogen-bond donors (Lipinski definition) is 0. The fourth-order valence-electron chi connectivity index (χ4n) is 0.622. The second kappa shape index (κ2) is 5.43. The van der Waals surface area contributed by atoms with Gasteiger partial charge in [-0.1, -0.05) is 6.92 Å². The van der Waals surface area contributed by atoms with Crippen molar-refractivity contribution in [2.75, 3.05) is 20.6 Å². The maximum absolute atomic E-state index is 5.78. The Bertz CT molecular complexity index is 67.6. The predicted molar refractivity (Wildman–Crippen MR) is 49.0 cm³/mol. The molecule has 0 aliphatic carbocycles. The molecule has 0 aromatic heterocycles. The maximum Gasteiger partial charge on any atom is 0.192 e. The van der Waals surface area contributed by atoms with Gasteiger partial charge in [-0.05, 0) is 20.6 Å². The molecule has 0 radical (unpaired) electrons. The summed E-state index contributed by atoms with van der Waals surface area (Å²) in [5, 5.41) is 0. The number of halogens is 1. The van der Waals surface area contributed by atoms with Gasteiger partial charge in [-0.25, -0.2) is 0 Å². The summed E-state index contributed by atoms with van der Waals surface area (Å²) in [6, 6.07) is 0. The van der Waals surface area contributed by atoms with Crippen molar-refractivity contribution in [2.45, 2.75) is 6.92 Å². The fourth-order valence-corrected chi connectivity index (χ4v) is 4.48. The topological polar surface area (TPSA) is 6.48 Å². The molecule has 5 heteroatoms. The highest BCUT2D eigenvalue weighted by atomic mass is 35.6. The molecule has 0 unspecified atom stereocenters. The van der Waals surface area contributed by atoms with Gasteiger partial charge in [0.2, 0.25) is 0 Å². The first-order valence-corrected chi connectivity index (χ1v) is 7.17. The molecule has 9 heavy (non-hydrogen) atoms. The molecule has 0 heterocycles. The van der Waals surface area contributed by atoms with Crippen molar-refractivity contribution < 1.29 is 0 Å². The van der Waals surface area contributed by atoms with E-state index < -0.39 is 0 Å². The van der Waals surface area contributed by atoms with Crippen molar-refractivity contribution in [1.82, 2.24) is 8.80 Å². The van der Waals surface area contributed by atoms with Crippen molar-refractivity contribution in [2.24, 2.45) is 0 Å². The normalized spacial score (nSPS) is 14.0. The van der Waals surface area contributed by atoms with Gasteiger partial charge in [0.25, 0.3) is 0 Å². The Balaban J connectivity index is 3.31. The van der Waals surface area contributed by atoms with Gasteiger partial charge in [0.05, 0.1) is 0 Å². The lowest BCUT2D eigenvalue weighted by atomic mass is 10.8. The summed E-state index contributed by atoms with van der Waals surface area (Å²) < 4.78 is 4.69. The van der Waals surface area contributed by atoms with E-state index in [1.807, 2.05) is 0 Å². The summed E-state index contributed by atoms with van der Waals surface area (Å²) in [4.78, 5) is 0. The highest BCUT2D eigenvalue weighted by molar-refractivity contribution is 6.94. The Morgan fingerprint density at radius 2 is 2.00 bits per heavy atom. The van der Waals surface area contributed by atoms with E-state index in [0.717, 1.165) is 6.54 Å². The summed E-state index contributed by atoms with van der Waals surface area (Å²) in [7, 11) is 3.71. The molecule has 56 valence electrons. The molecule has 0 aliphatic heterocycles. The van der Waals surface area contributed by atoms with Crippen LogP contribution in [0.25, 0.3) is 0 Å². The molecule has 0 aromatic carbocycles. The SMILES string of the molecule is CCN([SiH2]Cl)[SiH2]N(C)C. The van der Waals surface area contributed by atoms with Crippen molar-refractivity contribution in [3.63, 3.8) is 0 Å². The monoisotopic (exact) mass is 182 g/mol. The second-order valence-electron chi connectivity index (χ2n) is 2.33. The van der Waals surface area contributed by atoms with Crippen molar-refractivity contribution >= 4 is 29.9 Å². The van der Waals surface area contributed by atoms with Gasteiger partial charge in [0.1, 0.15) is 0 Å². The van der Waals surface area contributed by atoms with E-state index in [1.54, 1.807) is 0 Å². The maximum atomic E-state index is 5.78. The molecule has 0 rings (SSSR count). The highest BCUT2D eigenvalue weighted by Crippen LogP contribution is 1.84. The smallest absolute Gasteiger partial charge is 0.192 e. The molecule has 0 saturated heterocycles. The summed E-state index contributed by atoms with van der Waals surface area (Å²) >= 11 is 5.78. The first-order chi connectivity index (χ1) is 4.20. The third-order valence-electron chi connectivity index (χ3n) is 1.10. The Kier molecular flexibility index (Phi) is 5.82. The van der Waals surface area contributed by atoms with Gasteiger partial charge in [0.15, 0.2) is 18.8 Å². The van der Waals surface area contributed by atoms with Crippen molar-refractivity contribution in [3.05, 3.63) is 0 Å². The number of rotatable bonds is 4. The van der Waals surface area contributed by atoms with Gasteiger partial charge in [-0.3, -0.25) is 0 Å². The average molecular weight is 183 g/mol. The van der Waals surface area contributed by atoms with Gasteiger partial charge >= 0.3 is 0 Å². The van der Waals surface area contributed by atoms with Crippen LogP contribution in [0, 0.1) is 0 Å². The van der Waals surface area contributed by atoms with E-state index in [4.69, 9.17) is 11.1 Å². The molecule has 0 spiro atoms. The van der Waals surface area contributed by atoms with Crippen LogP contribution in [0.2, 0.25) is 0 Å². The van der Waals surface area contributed by atoms with E-state index in [0.29, 0.717) is 0 Å². The van der Waals surface area contributed by atoms with E-state index >= 15 is 0 Å². The molecule has 0 saturated carbocycles. The fraction of sp³-hybridized carbons (Fsp3) is 1.00. The largest absolute Gasteiger partial charge is 0.331 e. The van der Waals surface area contributed by atoms with Crippen LogP contribution < -0.4 is 0 Å². The predicted octanol–water partition coefficient (Wildman–Crippen LogP) is -0.894. The van der Waals surface area contributed by atoms with Crippen LogP contribution in [0.4, 0.5) is 0 Å². The first kappa shape index (κ1) is 9.64. The Morgan fingerprint density at radius 1 is 1.44 bits per heavy atom. The molecule has 0 aromatic rings. The molecule has 0 atom stereocenters.